The molecule has 0 unspecified atom stereocenters. The van der Waals surface area contributed by atoms with Crippen molar-refractivity contribution in [3.63, 3.8) is 0 Å². The Kier molecular flexibility index (Phi) is 5.40. The second-order valence-corrected chi connectivity index (χ2v) is 9.78. The molecule has 0 bridgehead atoms. The number of sulfonamides is 1. The van der Waals surface area contributed by atoms with Crippen molar-refractivity contribution in [2.45, 2.75) is 39.0 Å². The summed E-state index contributed by atoms with van der Waals surface area (Å²) in [5.74, 6) is -0.283. The summed E-state index contributed by atoms with van der Waals surface area (Å²) in [4.78, 5) is 25.6. The molecule has 0 saturated carbocycles. The third kappa shape index (κ3) is 4.59. The van der Waals surface area contributed by atoms with Crippen molar-refractivity contribution >= 4 is 38.9 Å². The summed E-state index contributed by atoms with van der Waals surface area (Å²) in [5, 5.41) is 2.78. The summed E-state index contributed by atoms with van der Waals surface area (Å²) < 4.78 is 28.3. The second kappa shape index (κ2) is 7.51. The van der Waals surface area contributed by atoms with E-state index in [4.69, 9.17) is 0 Å². The van der Waals surface area contributed by atoms with Crippen LogP contribution < -0.4 is 14.9 Å². The van der Waals surface area contributed by atoms with Crippen molar-refractivity contribution in [3.8, 4) is 0 Å². The van der Waals surface area contributed by atoms with Crippen molar-refractivity contribution in [3.05, 3.63) is 48.0 Å². The Morgan fingerprint density at radius 3 is 2.38 bits per heavy atom. The topological polar surface area (TPSA) is 95.6 Å². The summed E-state index contributed by atoms with van der Waals surface area (Å²) in [6.07, 6.45) is 0.707. The number of carbonyl (C=O) groups excluding carboxylic acids is 2. The largest absolute Gasteiger partial charge is 0.326 e. The number of fused-ring (bicyclic) bond motifs is 1. The van der Waals surface area contributed by atoms with Gasteiger partial charge in [0.05, 0.1) is 10.6 Å². The van der Waals surface area contributed by atoms with Gasteiger partial charge in [-0.3, -0.25) is 14.3 Å². The predicted octanol–water partition coefficient (Wildman–Crippen LogP) is 3.38. The molecule has 1 heterocycles. The summed E-state index contributed by atoms with van der Waals surface area (Å²) in [5.41, 5.74) is 1.85. The van der Waals surface area contributed by atoms with Gasteiger partial charge in [0, 0.05) is 30.3 Å². The number of hydrogen-bond donors (Lipinski definition) is 2. The minimum atomic E-state index is -3.86. The Morgan fingerprint density at radius 1 is 1.03 bits per heavy atom. The summed E-state index contributed by atoms with van der Waals surface area (Å²) in [7, 11) is -3.86. The standard InChI is InChI=1S/C21H25N3O4S/c1-14(25)24-11-10-15-8-9-18(13-19(15)24)29(27,28)23-17-7-5-6-16(12-17)22-20(26)21(2,3)4/h5-9,12-13,23H,10-11H2,1-4H3,(H,22,26). The molecule has 7 nitrogen and oxygen atoms in total. The minimum absolute atomic E-state index is 0.0773. The van der Waals surface area contributed by atoms with E-state index in [-0.39, 0.29) is 16.7 Å². The van der Waals surface area contributed by atoms with E-state index in [1.54, 1.807) is 56.0 Å². The lowest BCUT2D eigenvalue weighted by Crippen LogP contribution is -2.27. The van der Waals surface area contributed by atoms with Gasteiger partial charge in [-0.05, 0) is 42.3 Å². The number of nitrogens with zero attached hydrogens (tertiary/aromatic N) is 1. The van der Waals surface area contributed by atoms with Gasteiger partial charge in [-0.2, -0.15) is 0 Å². The molecule has 2 aromatic carbocycles. The second-order valence-electron chi connectivity index (χ2n) is 8.10. The zero-order valence-corrected chi connectivity index (χ0v) is 17.8. The van der Waals surface area contributed by atoms with Gasteiger partial charge in [0.15, 0.2) is 0 Å². The molecular formula is C21H25N3O4S. The van der Waals surface area contributed by atoms with Crippen LogP contribution in [-0.4, -0.2) is 26.8 Å². The van der Waals surface area contributed by atoms with Crippen LogP contribution in [0.15, 0.2) is 47.4 Å². The number of nitrogens with one attached hydrogen (secondary N) is 2. The fourth-order valence-corrected chi connectivity index (χ4v) is 4.12. The van der Waals surface area contributed by atoms with E-state index < -0.39 is 15.4 Å². The smallest absolute Gasteiger partial charge is 0.261 e. The van der Waals surface area contributed by atoms with Crippen LogP contribution in [0.5, 0.6) is 0 Å². The number of hydrogen-bond acceptors (Lipinski definition) is 4. The van der Waals surface area contributed by atoms with Gasteiger partial charge in [-0.25, -0.2) is 8.42 Å². The highest BCUT2D eigenvalue weighted by Crippen LogP contribution is 2.31. The van der Waals surface area contributed by atoms with Crippen molar-refractivity contribution in [1.82, 2.24) is 0 Å². The zero-order chi connectivity index (χ0) is 21.4. The molecule has 2 amide bonds. The van der Waals surface area contributed by atoms with Crippen LogP contribution in [0.25, 0.3) is 0 Å². The molecule has 0 aliphatic carbocycles. The van der Waals surface area contributed by atoms with Crippen LogP contribution >= 0.6 is 0 Å². The lowest BCUT2D eigenvalue weighted by atomic mass is 9.95. The Bertz CT molecular complexity index is 1070. The van der Waals surface area contributed by atoms with Crippen molar-refractivity contribution in [2.75, 3.05) is 21.5 Å². The van der Waals surface area contributed by atoms with E-state index in [1.165, 1.54) is 19.1 Å². The molecule has 0 radical (unpaired) electrons. The molecule has 0 aromatic heterocycles. The molecule has 0 saturated heterocycles. The molecule has 0 spiro atoms. The SMILES string of the molecule is CC(=O)N1CCc2ccc(S(=O)(=O)Nc3cccc(NC(=O)C(C)(C)C)c3)cc21. The number of carbonyl (C=O) groups is 2. The van der Waals surface area contributed by atoms with Crippen molar-refractivity contribution < 1.29 is 18.0 Å². The Labute approximate surface area is 171 Å². The monoisotopic (exact) mass is 415 g/mol. The number of rotatable bonds is 4. The quantitative estimate of drug-likeness (QED) is 0.800. The number of amides is 2. The molecule has 8 heteroatoms. The van der Waals surface area contributed by atoms with E-state index in [1.807, 2.05) is 0 Å². The first kappa shape index (κ1) is 20.9. The van der Waals surface area contributed by atoms with E-state index in [0.717, 1.165) is 5.56 Å². The van der Waals surface area contributed by atoms with Crippen molar-refractivity contribution in [2.24, 2.45) is 5.41 Å². The van der Waals surface area contributed by atoms with E-state index in [0.29, 0.717) is 30.0 Å². The molecule has 2 aromatic rings. The van der Waals surface area contributed by atoms with Gasteiger partial charge < -0.3 is 10.2 Å². The van der Waals surface area contributed by atoms with Crippen LogP contribution in [0.3, 0.4) is 0 Å². The van der Waals surface area contributed by atoms with E-state index in [9.17, 15) is 18.0 Å². The zero-order valence-electron chi connectivity index (χ0n) is 16.9. The maximum atomic E-state index is 12.9. The lowest BCUT2D eigenvalue weighted by molar-refractivity contribution is -0.123. The van der Waals surface area contributed by atoms with Crippen LogP contribution in [0.4, 0.5) is 17.1 Å². The predicted molar refractivity (Wildman–Crippen MR) is 114 cm³/mol. The molecule has 1 aliphatic rings. The highest BCUT2D eigenvalue weighted by molar-refractivity contribution is 7.92. The first-order valence-corrected chi connectivity index (χ1v) is 10.8. The molecule has 2 N–H and O–H groups in total. The average Bonchev–Trinajstić information content (AvgIpc) is 3.04. The van der Waals surface area contributed by atoms with Crippen LogP contribution in [0.2, 0.25) is 0 Å². The maximum Gasteiger partial charge on any atom is 0.261 e. The third-order valence-electron chi connectivity index (χ3n) is 4.70. The van der Waals surface area contributed by atoms with Crippen molar-refractivity contribution in [1.29, 1.82) is 0 Å². The Morgan fingerprint density at radius 2 is 1.72 bits per heavy atom. The van der Waals surface area contributed by atoms with Gasteiger partial charge in [0.2, 0.25) is 11.8 Å². The molecule has 154 valence electrons. The fourth-order valence-electron chi connectivity index (χ4n) is 3.05. The van der Waals surface area contributed by atoms with Gasteiger partial charge in [-0.1, -0.05) is 32.9 Å². The molecule has 29 heavy (non-hydrogen) atoms. The molecule has 3 rings (SSSR count). The average molecular weight is 416 g/mol. The summed E-state index contributed by atoms with van der Waals surface area (Å²) >= 11 is 0. The Hall–Kier alpha value is -2.87. The maximum absolute atomic E-state index is 12.9. The minimum Gasteiger partial charge on any atom is -0.326 e. The first-order valence-electron chi connectivity index (χ1n) is 9.33. The lowest BCUT2D eigenvalue weighted by Gasteiger charge is -2.18. The number of benzene rings is 2. The Balaban J connectivity index is 1.84. The normalized spacial score (nSPS) is 13.7. The van der Waals surface area contributed by atoms with Gasteiger partial charge in [0.1, 0.15) is 0 Å². The first-order chi connectivity index (χ1) is 13.5. The van der Waals surface area contributed by atoms with Gasteiger partial charge in [0.25, 0.3) is 10.0 Å². The van der Waals surface area contributed by atoms with Crippen LogP contribution in [0, 0.1) is 5.41 Å². The number of anilines is 3. The molecule has 0 atom stereocenters. The fraction of sp³-hybridized carbons (Fsp3) is 0.333. The highest BCUT2D eigenvalue weighted by Gasteiger charge is 2.25. The molecule has 0 fully saturated rings. The van der Waals surface area contributed by atoms with Crippen LogP contribution in [-0.2, 0) is 26.0 Å². The third-order valence-corrected chi connectivity index (χ3v) is 6.08. The van der Waals surface area contributed by atoms with Gasteiger partial charge >= 0.3 is 0 Å². The highest BCUT2D eigenvalue weighted by atomic mass is 32.2. The van der Waals surface area contributed by atoms with E-state index >= 15 is 0 Å². The molecular weight excluding hydrogens is 390 g/mol. The van der Waals surface area contributed by atoms with Gasteiger partial charge in [-0.15, -0.1) is 0 Å². The molecule has 1 aliphatic heterocycles. The van der Waals surface area contributed by atoms with Crippen LogP contribution in [0.1, 0.15) is 33.3 Å². The summed E-state index contributed by atoms with van der Waals surface area (Å²) in [6.45, 7) is 7.41. The van der Waals surface area contributed by atoms with E-state index in [2.05, 4.69) is 10.0 Å². The summed E-state index contributed by atoms with van der Waals surface area (Å²) in [6, 6.07) is 11.3.